The highest BCUT2D eigenvalue weighted by Crippen LogP contribution is 2.35. The minimum atomic E-state index is -4.50. The molecule has 0 aromatic heterocycles. The van der Waals surface area contributed by atoms with Crippen LogP contribution < -0.4 is 11.1 Å². The molecule has 0 aliphatic heterocycles. The van der Waals surface area contributed by atoms with Gasteiger partial charge < -0.3 is 16.2 Å². The van der Waals surface area contributed by atoms with Crippen LogP contribution in [0.5, 0.6) is 0 Å². The first-order valence-electron chi connectivity index (χ1n) is 5.90. The number of benzene rings is 1. The number of nitrogen functional groups attached to an aromatic ring is 1. The molecule has 0 saturated heterocycles. The molecule has 20 heavy (non-hydrogen) atoms. The molecule has 116 valence electrons. The average molecular weight is 313 g/mol. The third-order valence-electron chi connectivity index (χ3n) is 2.57. The lowest BCUT2D eigenvalue weighted by atomic mass is 9.99. The second-order valence-electron chi connectivity index (χ2n) is 5.47. The maximum Gasteiger partial charge on any atom is 0.418 e. The van der Waals surface area contributed by atoms with Gasteiger partial charge in [0, 0.05) is 11.2 Å². The molecule has 0 bridgehead atoms. The smallest absolute Gasteiger partial charge is 0.398 e. The SMILES string of the molecule is CC(C)(C)NC(CO)c1ccc(N)c(C(F)(F)F)c1.Cl. The molecule has 0 saturated carbocycles. The van der Waals surface area contributed by atoms with Crippen LogP contribution in [-0.4, -0.2) is 17.3 Å². The number of aliphatic hydroxyl groups excluding tert-OH is 1. The van der Waals surface area contributed by atoms with E-state index in [9.17, 15) is 18.3 Å². The summed E-state index contributed by atoms with van der Waals surface area (Å²) in [5.41, 5.74) is 4.18. The Hall–Kier alpha value is -0.980. The van der Waals surface area contributed by atoms with E-state index in [4.69, 9.17) is 5.73 Å². The molecule has 4 N–H and O–H groups in total. The van der Waals surface area contributed by atoms with Crippen LogP contribution in [0.3, 0.4) is 0 Å². The normalized spacial score (nSPS) is 13.8. The Labute approximate surface area is 122 Å². The van der Waals surface area contributed by atoms with Gasteiger partial charge in [-0.3, -0.25) is 0 Å². The van der Waals surface area contributed by atoms with Crippen molar-refractivity contribution in [3.8, 4) is 0 Å². The number of rotatable bonds is 3. The van der Waals surface area contributed by atoms with E-state index >= 15 is 0 Å². The number of aliphatic hydroxyl groups is 1. The van der Waals surface area contributed by atoms with Gasteiger partial charge in [0.15, 0.2) is 0 Å². The Morgan fingerprint density at radius 1 is 1.25 bits per heavy atom. The van der Waals surface area contributed by atoms with Crippen LogP contribution in [0, 0.1) is 0 Å². The number of alkyl halides is 3. The lowest BCUT2D eigenvalue weighted by molar-refractivity contribution is -0.137. The molecule has 1 aromatic rings. The van der Waals surface area contributed by atoms with E-state index in [0.717, 1.165) is 6.07 Å². The van der Waals surface area contributed by atoms with Crippen LogP contribution >= 0.6 is 12.4 Å². The first-order valence-corrected chi connectivity index (χ1v) is 5.90. The number of halogens is 4. The summed E-state index contributed by atoms with van der Waals surface area (Å²) in [6.07, 6.45) is -4.50. The minimum Gasteiger partial charge on any atom is -0.398 e. The predicted octanol–water partition coefficient (Wildman–Crippen LogP) is 3.13. The largest absolute Gasteiger partial charge is 0.418 e. The third-order valence-corrected chi connectivity index (χ3v) is 2.57. The first kappa shape index (κ1) is 19.0. The van der Waals surface area contributed by atoms with Gasteiger partial charge in [0.25, 0.3) is 0 Å². The standard InChI is InChI=1S/C13H19F3N2O.ClH/c1-12(2,3)18-11(7-19)8-4-5-10(17)9(6-8)13(14,15)16;/h4-6,11,18-19H,7,17H2,1-3H3;1H. The molecule has 0 heterocycles. The second kappa shape index (κ2) is 6.65. The van der Waals surface area contributed by atoms with Gasteiger partial charge in [-0.1, -0.05) is 6.07 Å². The topological polar surface area (TPSA) is 58.3 Å². The molecular weight excluding hydrogens is 293 g/mol. The molecule has 0 radical (unpaired) electrons. The molecule has 3 nitrogen and oxygen atoms in total. The monoisotopic (exact) mass is 312 g/mol. The highest BCUT2D eigenvalue weighted by Gasteiger charge is 2.33. The van der Waals surface area contributed by atoms with Crippen LogP contribution in [0.2, 0.25) is 0 Å². The summed E-state index contributed by atoms with van der Waals surface area (Å²) in [5, 5.41) is 12.4. The van der Waals surface area contributed by atoms with Crippen molar-refractivity contribution in [3.05, 3.63) is 29.3 Å². The van der Waals surface area contributed by atoms with Crippen LogP contribution in [-0.2, 0) is 6.18 Å². The summed E-state index contributed by atoms with van der Waals surface area (Å²) in [4.78, 5) is 0. The van der Waals surface area contributed by atoms with E-state index in [1.54, 1.807) is 0 Å². The molecule has 1 atom stereocenters. The fourth-order valence-electron chi connectivity index (χ4n) is 1.79. The summed E-state index contributed by atoms with van der Waals surface area (Å²) in [5.74, 6) is 0. The predicted molar refractivity (Wildman–Crippen MR) is 75.8 cm³/mol. The highest BCUT2D eigenvalue weighted by molar-refractivity contribution is 5.85. The Morgan fingerprint density at radius 2 is 1.80 bits per heavy atom. The molecule has 1 aromatic carbocycles. The van der Waals surface area contributed by atoms with Gasteiger partial charge in [-0.25, -0.2) is 0 Å². The zero-order valence-corrected chi connectivity index (χ0v) is 12.4. The summed E-state index contributed by atoms with van der Waals surface area (Å²) < 4.78 is 38.3. The summed E-state index contributed by atoms with van der Waals surface area (Å²) in [6, 6.07) is 3.12. The van der Waals surface area contributed by atoms with Crippen molar-refractivity contribution in [2.24, 2.45) is 0 Å². The van der Waals surface area contributed by atoms with Gasteiger partial charge in [-0.05, 0) is 38.5 Å². The number of nitrogens with one attached hydrogen (secondary N) is 1. The van der Waals surface area contributed by atoms with E-state index in [-0.39, 0.29) is 30.2 Å². The van der Waals surface area contributed by atoms with Crippen molar-refractivity contribution in [3.63, 3.8) is 0 Å². The van der Waals surface area contributed by atoms with Crippen LogP contribution in [0.4, 0.5) is 18.9 Å². The Bertz CT molecular complexity index is 444. The third kappa shape index (κ3) is 5.19. The van der Waals surface area contributed by atoms with Crippen LogP contribution in [0.15, 0.2) is 18.2 Å². The van der Waals surface area contributed by atoms with E-state index in [0.29, 0.717) is 5.56 Å². The highest BCUT2D eigenvalue weighted by atomic mass is 35.5. The Kier molecular flexibility index (Phi) is 6.32. The molecule has 7 heteroatoms. The Morgan fingerprint density at radius 3 is 2.20 bits per heavy atom. The molecule has 0 aliphatic rings. The molecule has 0 spiro atoms. The molecule has 1 rings (SSSR count). The summed E-state index contributed by atoms with van der Waals surface area (Å²) in [6.45, 7) is 5.32. The quantitative estimate of drug-likeness (QED) is 0.752. The van der Waals surface area contributed by atoms with Gasteiger partial charge in [0.2, 0.25) is 0 Å². The number of hydrogen-bond acceptors (Lipinski definition) is 3. The van der Waals surface area contributed by atoms with Crippen molar-refractivity contribution < 1.29 is 18.3 Å². The molecule has 1 unspecified atom stereocenters. The number of hydrogen-bond donors (Lipinski definition) is 3. The minimum absolute atomic E-state index is 0. The molecular formula is C13H20ClF3N2O. The van der Waals surface area contributed by atoms with Crippen LogP contribution in [0.25, 0.3) is 0 Å². The fraction of sp³-hybridized carbons (Fsp3) is 0.538. The zero-order valence-electron chi connectivity index (χ0n) is 11.6. The maximum atomic E-state index is 12.8. The van der Waals surface area contributed by atoms with Crippen molar-refractivity contribution in [1.29, 1.82) is 0 Å². The van der Waals surface area contributed by atoms with Gasteiger partial charge in [-0.2, -0.15) is 13.2 Å². The average Bonchev–Trinajstić information content (AvgIpc) is 2.24. The Balaban J connectivity index is 0.00000361. The van der Waals surface area contributed by atoms with E-state index < -0.39 is 17.8 Å². The van der Waals surface area contributed by atoms with Crippen molar-refractivity contribution in [1.82, 2.24) is 5.32 Å². The molecule has 0 aliphatic carbocycles. The molecule has 0 fully saturated rings. The van der Waals surface area contributed by atoms with E-state index in [2.05, 4.69) is 5.32 Å². The van der Waals surface area contributed by atoms with Gasteiger partial charge in [0.05, 0.1) is 18.2 Å². The van der Waals surface area contributed by atoms with Crippen molar-refractivity contribution in [2.75, 3.05) is 12.3 Å². The number of anilines is 1. The van der Waals surface area contributed by atoms with E-state index in [1.807, 2.05) is 20.8 Å². The van der Waals surface area contributed by atoms with Crippen LogP contribution in [0.1, 0.15) is 37.9 Å². The van der Waals surface area contributed by atoms with Crippen molar-refractivity contribution >= 4 is 18.1 Å². The van der Waals surface area contributed by atoms with E-state index in [1.165, 1.54) is 12.1 Å². The zero-order chi connectivity index (χ0) is 14.8. The summed E-state index contributed by atoms with van der Waals surface area (Å²) >= 11 is 0. The second-order valence-corrected chi connectivity index (χ2v) is 5.47. The lowest BCUT2D eigenvalue weighted by Gasteiger charge is -2.28. The maximum absolute atomic E-state index is 12.8. The first-order chi connectivity index (χ1) is 8.54. The van der Waals surface area contributed by atoms with Gasteiger partial charge in [0.1, 0.15) is 0 Å². The van der Waals surface area contributed by atoms with Gasteiger partial charge >= 0.3 is 6.18 Å². The molecule has 0 amide bonds. The lowest BCUT2D eigenvalue weighted by Crippen LogP contribution is -2.40. The van der Waals surface area contributed by atoms with Crippen molar-refractivity contribution in [2.45, 2.75) is 38.5 Å². The number of nitrogens with two attached hydrogens (primary N) is 1. The van der Waals surface area contributed by atoms with Gasteiger partial charge in [-0.15, -0.1) is 12.4 Å². The summed E-state index contributed by atoms with van der Waals surface area (Å²) in [7, 11) is 0. The fourth-order valence-corrected chi connectivity index (χ4v) is 1.79.